The third-order valence-electron chi connectivity index (χ3n) is 7.26. The van der Waals surface area contributed by atoms with Crippen molar-refractivity contribution in [2.24, 2.45) is 0 Å². The van der Waals surface area contributed by atoms with Gasteiger partial charge in [0, 0.05) is 74.9 Å². The molecular formula is C24H33N5O4S. The Morgan fingerprint density at radius 1 is 0.882 bits per heavy atom. The number of rotatable bonds is 5. The van der Waals surface area contributed by atoms with E-state index in [9.17, 15) is 18.0 Å². The van der Waals surface area contributed by atoms with Crippen LogP contribution in [0.2, 0.25) is 0 Å². The van der Waals surface area contributed by atoms with Crippen LogP contribution in [0.3, 0.4) is 0 Å². The number of nitrogens with zero attached hydrogens (tertiary/aromatic N) is 4. The van der Waals surface area contributed by atoms with Gasteiger partial charge in [-0.05, 0) is 51.0 Å². The van der Waals surface area contributed by atoms with Gasteiger partial charge in [0.05, 0.1) is 5.25 Å². The molecule has 3 heterocycles. The van der Waals surface area contributed by atoms with E-state index in [2.05, 4.69) is 23.7 Å². The van der Waals surface area contributed by atoms with Crippen LogP contribution in [0.1, 0.15) is 47.5 Å². The van der Waals surface area contributed by atoms with Crippen LogP contribution in [-0.4, -0.2) is 108 Å². The van der Waals surface area contributed by atoms with Crippen LogP contribution in [0, 0.1) is 0 Å². The fraction of sp³-hybridized carbons (Fsp3) is 0.583. The number of H-pyrrole nitrogens is 1. The highest BCUT2D eigenvalue weighted by molar-refractivity contribution is 7.90. The number of benzene rings is 1. The minimum absolute atomic E-state index is 0.0207. The molecular weight excluding hydrogens is 454 g/mol. The van der Waals surface area contributed by atoms with Crippen LogP contribution in [0.5, 0.6) is 0 Å². The summed E-state index contributed by atoms with van der Waals surface area (Å²) in [5.74, 6) is -0.121. The molecule has 0 atom stereocenters. The standard InChI is InChI=1S/C24H33N5O4S/c1-17(2)26-7-9-27(10-8-26)23(30)18-3-6-21-19(15-18)16-22(25-21)24(31)28-11-13-29(14-12-28)34(32,33)20-4-5-20/h3,6,15-17,20,25H,4-5,7-14H2,1-2H3. The Kier molecular flexibility index (Phi) is 6.16. The fourth-order valence-electron chi connectivity index (χ4n) is 4.90. The van der Waals surface area contributed by atoms with E-state index in [0.717, 1.165) is 36.8 Å². The number of nitrogens with one attached hydrogen (secondary N) is 1. The molecule has 3 aliphatic rings. The summed E-state index contributed by atoms with van der Waals surface area (Å²) in [4.78, 5) is 35.3. The highest BCUT2D eigenvalue weighted by Crippen LogP contribution is 2.31. The van der Waals surface area contributed by atoms with Crippen molar-refractivity contribution in [3.63, 3.8) is 0 Å². The normalized spacial score (nSPS) is 20.9. The molecule has 0 bridgehead atoms. The summed E-state index contributed by atoms with van der Waals surface area (Å²) in [7, 11) is -3.20. The lowest BCUT2D eigenvalue weighted by Gasteiger charge is -2.37. The van der Waals surface area contributed by atoms with Crippen LogP contribution in [-0.2, 0) is 10.0 Å². The number of amides is 2. The Hall–Kier alpha value is -2.43. The molecule has 1 aliphatic carbocycles. The second-order valence-electron chi connectivity index (χ2n) is 9.84. The quantitative estimate of drug-likeness (QED) is 0.691. The molecule has 2 aromatic rings. The molecule has 1 saturated carbocycles. The first-order chi connectivity index (χ1) is 16.2. The number of hydrogen-bond acceptors (Lipinski definition) is 5. The first-order valence-corrected chi connectivity index (χ1v) is 13.7. The minimum atomic E-state index is -3.20. The van der Waals surface area contributed by atoms with Gasteiger partial charge in [-0.15, -0.1) is 0 Å². The topological polar surface area (TPSA) is 97.0 Å². The van der Waals surface area contributed by atoms with Gasteiger partial charge in [-0.1, -0.05) is 0 Å². The van der Waals surface area contributed by atoms with E-state index in [1.165, 1.54) is 4.31 Å². The van der Waals surface area contributed by atoms with E-state index in [1.807, 2.05) is 23.1 Å². The summed E-state index contributed by atoms with van der Waals surface area (Å²) in [5.41, 5.74) is 1.89. The van der Waals surface area contributed by atoms with Crippen molar-refractivity contribution in [1.82, 2.24) is 24.0 Å². The zero-order valence-corrected chi connectivity index (χ0v) is 20.7. The molecule has 10 heteroatoms. The van der Waals surface area contributed by atoms with Crippen molar-refractivity contribution < 1.29 is 18.0 Å². The van der Waals surface area contributed by atoms with E-state index in [-0.39, 0.29) is 17.1 Å². The third-order valence-corrected chi connectivity index (χ3v) is 9.66. The molecule has 2 saturated heterocycles. The molecule has 1 aromatic carbocycles. The van der Waals surface area contributed by atoms with E-state index < -0.39 is 10.0 Å². The molecule has 2 aliphatic heterocycles. The molecule has 3 fully saturated rings. The van der Waals surface area contributed by atoms with Gasteiger partial charge in [-0.25, -0.2) is 8.42 Å². The molecule has 0 radical (unpaired) electrons. The van der Waals surface area contributed by atoms with Crippen LogP contribution in [0.15, 0.2) is 24.3 Å². The van der Waals surface area contributed by atoms with Crippen molar-refractivity contribution >= 4 is 32.7 Å². The van der Waals surface area contributed by atoms with Crippen molar-refractivity contribution in [3.05, 3.63) is 35.5 Å². The van der Waals surface area contributed by atoms with Crippen molar-refractivity contribution in [1.29, 1.82) is 0 Å². The van der Waals surface area contributed by atoms with Gasteiger partial charge >= 0.3 is 0 Å². The summed E-state index contributed by atoms with van der Waals surface area (Å²) in [5, 5.41) is 0.601. The molecule has 1 N–H and O–H groups in total. The maximum atomic E-state index is 13.1. The molecule has 5 rings (SSSR count). The Labute approximate surface area is 200 Å². The van der Waals surface area contributed by atoms with Crippen LogP contribution >= 0.6 is 0 Å². The van der Waals surface area contributed by atoms with Gasteiger partial charge in [-0.3, -0.25) is 14.5 Å². The third kappa shape index (κ3) is 4.46. The van der Waals surface area contributed by atoms with Crippen molar-refractivity contribution in [2.45, 2.75) is 38.0 Å². The molecule has 184 valence electrons. The Morgan fingerprint density at radius 3 is 2.12 bits per heavy atom. The highest BCUT2D eigenvalue weighted by atomic mass is 32.2. The number of aromatic nitrogens is 1. The van der Waals surface area contributed by atoms with Gasteiger partial charge in [-0.2, -0.15) is 4.31 Å². The maximum absolute atomic E-state index is 13.1. The number of piperazine rings is 2. The molecule has 2 amide bonds. The second kappa shape index (κ2) is 8.98. The van der Waals surface area contributed by atoms with E-state index in [0.29, 0.717) is 56.6 Å². The maximum Gasteiger partial charge on any atom is 0.270 e. The van der Waals surface area contributed by atoms with Gasteiger partial charge in [0.2, 0.25) is 10.0 Å². The van der Waals surface area contributed by atoms with Gasteiger partial charge < -0.3 is 14.8 Å². The number of sulfonamides is 1. The smallest absolute Gasteiger partial charge is 0.270 e. The SMILES string of the molecule is CC(C)N1CCN(C(=O)c2ccc3[nH]c(C(=O)N4CCN(S(=O)(=O)C5CC5)CC4)cc3c2)CC1. The predicted molar refractivity (Wildman–Crippen MR) is 130 cm³/mol. The lowest BCUT2D eigenvalue weighted by Crippen LogP contribution is -2.51. The monoisotopic (exact) mass is 487 g/mol. The Morgan fingerprint density at radius 2 is 1.50 bits per heavy atom. The average Bonchev–Trinajstić information content (AvgIpc) is 3.63. The zero-order chi connectivity index (χ0) is 24.0. The largest absolute Gasteiger partial charge is 0.351 e. The summed E-state index contributed by atoms with van der Waals surface area (Å²) in [6.45, 7) is 8.98. The van der Waals surface area contributed by atoms with Crippen LogP contribution in [0.25, 0.3) is 10.9 Å². The molecule has 34 heavy (non-hydrogen) atoms. The molecule has 1 aromatic heterocycles. The summed E-state index contributed by atoms with van der Waals surface area (Å²) in [6.07, 6.45) is 1.49. The van der Waals surface area contributed by atoms with Crippen LogP contribution in [0.4, 0.5) is 0 Å². The fourth-order valence-corrected chi connectivity index (χ4v) is 6.72. The zero-order valence-electron chi connectivity index (χ0n) is 19.9. The predicted octanol–water partition coefficient (Wildman–Crippen LogP) is 1.58. The highest BCUT2D eigenvalue weighted by Gasteiger charge is 2.41. The van der Waals surface area contributed by atoms with Gasteiger partial charge in [0.25, 0.3) is 11.8 Å². The average molecular weight is 488 g/mol. The number of hydrogen-bond donors (Lipinski definition) is 1. The van der Waals surface area contributed by atoms with Gasteiger partial charge in [0.15, 0.2) is 0 Å². The van der Waals surface area contributed by atoms with E-state index >= 15 is 0 Å². The lowest BCUT2D eigenvalue weighted by atomic mass is 10.1. The molecule has 0 spiro atoms. The number of carbonyl (C=O) groups excluding carboxylic acids is 2. The van der Waals surface area contributed by atoms with Gasteiger partial charge in [0.1, 0.15) is 5.69 Å². The van der Waals surface area contributed by atoms with E-state index in [4.69, 9.17) is 0 Å². The van der Waals surface area contributed by atoms with Crippen molar-refractivity contribution in [2.75, 3.05) is 52.4 Å². The van der Waals surface area contributed by atoms with Crippen molar-refractivity contribution in [3.8, 4) is 0 Å². The number of fused-ring (bicyclic) bond motifs is 1. The molecule has 9 nitrogen and oxygen atoms in total. The second-order valence-corrected chi connectivity index (χ2v) is 12.1. The number of aromatic amines is 1. The first-order valence-electron chi connectivity index (χ1n) is 12.2. The minimum Gasteiger partial charge on any atom is -0.351 e. The Bertz CT molecular complexity index is 1190. The summed E-state index contributed by atoms with van der Waals surface area (Å²) >= 11 is 0. The molecule has 0 unspecified atom stereocenters. The first kappa shape index (κ1) is 23.3. The van der Waals surface area contributed by atoms with Crippen LogP contribution < -0.4 is 0 Å². The van der Waals surface area contributed by atoms with E-state index in [1.54, 1.807) is 11.0 Å². The Balaban J connectivity index is 1.24. The lowest BCUT2D eigenvalue weighted by molar-refractivity contribution is 0.0595. The number of carbonyl (C=O) groups is 2. The summed E-state index contributed by atoms with van der Waals surface area (Å²) < 4.78 is 26.4. The summed E-state index contributed by atoms with van der Waals surface area (Å²) in [6, 6.07) is 7.78.